The quantitative estimate of drug-likeness (QED) is 0.898. The SMILES string of the molecule is O=C(NC1CCc2ccc(OC(F)(F)F)cc21)N1CCCCC1. The number of carbonyl (C=O) groups is 1. The molecular formula is C16H19F3N2O2. The van der Waals surface area contributed by atoms with E-state index in [0.717, 1.165) is 49.9 Å². The number of benzene rings is 1. The molecule has 1 saturated heterocycles. The Labute approximate surface area is 132 Å². The smallest absolute Gasteiger partial charge is 0.406 e. The number of halogens is 3. The van der Waals surface area contributed by atoms with Crippen LogP contribution in [0.25, 0.3) is 0 Å². The molecule has 1 N–H and O–H groups in total. The Morgan fingerprint density at radius 1 is 1.22 bits per heavy atom. The summed E-state index contributed by atoms with van der Waals surface area (Å²) in [5.41, 5.74) is 1.68. The lowest BCUT2D eigenvalue weighted by atomic mass is 10.1. The van der Waals surface area contributed by atoms with E-state index in [2.05, 4.69) is 10.1 Å². The maximum Gasteiger partial charge on any atom is 0.573 e. The number of carbonyl (C=O) groups excluding carboxylic acids is 1. The minimum atomic E-state index is -4.71. The Hall–Kier alpha value is -1.92. The van der Waals surface area contributed by atoms with Crippen LogP contribution >= 0.6 is 0 Å². The van der Waals surface area contributed by atoms with Crippen LogP contribution < -0.4 is 10.1 Å². The monoisotopic (exact) mass is 328 g/mol. The highest BCUT2D eigenvalue weighted by Gasteiger charge is 2.32. The van der Waals surface area contributed by atoms with Gasteiger partial charge in [0.1, 0.15) is 5.75 Å². The van der Waals surface area contributed by atoms with Gasteiger partial charge in [0, 0.05) is 13.1 Å². The number of fused-ring (bicyclic) bond motifs is 1. The van der Waals surface area contributed by atoms with Crippen LogP contribution in [0.3, 0.4) is 0 Å². The van der Waals surface area contributed by atoms with Crippen LogP contribution in [0.5, 0.6) is 5.75 Å². The Morgan fingerprint density at radius 3 is 2.65 bits per heavy atom. The van der Waals surface area contributed by atoms with E-state index in [9.17, 15) is 18.0 Å². The third kappa shape index (κ3) is 3.89. The molecule has 1 aliphatic carbocycles. The molecule has 23 heavy (non-hydrogen) atoms. The van der Waals surface area contributed by atoms with Crippen molar-refractivity contribution in [3.63, 3.8) is 0 Å². The van der Waals surface area contributed by atoms with Gasteiger partial charge in [0.15, 0.2) is 0 Å². The molecule has 0 spiro atoms. The minimum absolute atomic E-state index is 0.135. The topological polar surface area (TPSA) is 41.6 Å². The van der Waals surface area contributed by atoms with Gasteiger partial charge in [-0.2, -0.15) is 0 Å². The molecule has 1 heterocycles. The van der Waals surface area contributed by atoms with Crippen molar-refractivity contribution in [3.8, 4) is 5.75 Å². The van der Waals surface area contributed by atoms with Crippen molar-refractivity contribution in [1.29, 1.82) is 0 Å². The molecule has 1 unspecified atom stereocenters. The highest BCUT2D eigenvalue weighted by molar-refractivity contribution is 5.75. The van der Waals surface area contributed by atoms with Gasteiger partial charge in [0.2, 0.25) is 0 Å². The first-order valence-corrected chi connectivity index (χ1v) is 7.86. The van der Waals surface area contributed by atoms with E-state index < -0.39 is 6.36 Å². The number of nitrogens with one attached hydrogen (secondary N) is 1. The van der Waals surface area contributed by atoms with E-state index in [-0.39, 0.29) is 17.8 Å². The number of ether oxygens (including phenoxy) is 1. The minimum Gasteiger partial charge on any atom is -0.406 e. The van der Waals surface area contributed by atoms with Crippen molar-refractivity contribution in [2.75, 3.05) is 13.1 Å². The van der Waals surface area contributed by atoms with Crippen molar-refractivity contribution in [2.24, 2.45) is 0 Å². The third-order valence-corrected chi connectivity index (χ3v) is 4.37. The molecule has 0 bridgehead atoms. The van der Waals surface area contributed by atoms with Gasteiger partial charge in [0.25, 0.3) is 0 Å². The zero-order valence-electron chi connectivity index (χ0n) is 12.7. The summed E-state index contributed by atoms with van der Waals surface area (Å²) < 4.78 is 41.0. The fourth-order valence-electron chi connectivity index (χ4n) is 3.26. The molecule has 1 atom stereocenters. The number of alkyl halides is 3. The van der Waals surface area contributed by atoms with Crippen LogP contribution in [-0.4, -0.2) is 30.4 Å². The van der Waals surface area contributed by atoms with Gasteiger partial charge in [-0.3, -0.25) is 0 Å². The Morgan fingerprint density at radius 2 is 1.96 bits per heavy atom. The summed E-state index contributed by atoms with van der Waals surface area (Å²) in [6, 6.07) is 3.96. The average molecular weight is 328 g/mol. The van der Waals surface area contributed by atoms with E-state index in [0.29, 0.717) is 6.42 Å². The maximum atomic E-state index is 12.3. The summed E-state index contributed by atoms with van der Waals surface area (Å²) in [4.78, 5) is 14.1. The number of hydrogen-bond donors (Lipinski definition) is 1. The van der Waals surface area contributed by atoms with E-state index in [4.69, 9.17) is 0 Å². The Balaban J connectivity index is 1.70. The number of hydrogen-bond acceptors (Lipinski definition) is 2. The lowest BCUT2D eigenvalue weighted by Gasteiger charge is -2.28. The van der Waals surface area contributed by atoms with Gasteiger partial charge in [-0.1, -0.05) is 6.07 Å². The molecule has 3 rings (SSSR count). The van der Waals surface area contributed by atoms with Crippen LogP contribution in [0.1, 0.15) is 42.9 Å². The fourth-order valence-corrected chi connectivity index (χ4v) is 3.26. The summed E-state index contributed by atoms with van der Waals surface area (Å²) in [5.74, 6) is -0.240. The number of urea groups is 1. The molecular weight excluding hydrogens is 309 g/mol. The van der Waals surface area contributed by atoms with E-state index in [1.807, 2.05) is 0 Å². The number of likely N-dealkylation sites (tertiary alicyclic amines) is 1. The van der Waals surface area contributed by atoms with Crippen LogP contribution in [0.4, 0.5) is 18.0 Å². The second-order valence-corrected chi connectivity index (χ2v) is 6.00. The standard InChI is InChI=1S/C16H19F3N2O2/c17-16(18,19)23-12-6-4-11-5-7-14(13(11)10-12)20-15(22)21-8-2-1-3-9-21/h4,6,10,14H,1-3,5,7-9H2,(H,20,22). The highest BCUT2D eigenvalue weighted by atomic mass is 19.4. The molecule has 1 aromatic carbocycles. The van der Waals surface area contributed by atoms with E-state index in [1.165, 1.54) is 12.1 Å². The first-order chi connectivity index (χ1) is 10.9. The summed E-state index contributed by atoms with van der Waals surface area (Å²) in [7, 11) is 0. The zero-order chi connectivity index (χ0) is 16.4. The van der Waals surface area contributed by atoms with Crippen LogP contribution in [0, 0.1) is 0 Å². The van der Waals surface area contributed by atoms with Crippen molar-refractivity contribution < 1.29 is 22.7 Å². The number of rotatable bonds is 2. The molecule has 2 amide bonds. The van der Waals surface area contributed by atoms with Gasteiger partial charge >= 0.3 is 12.4 Å². The lowest BCUT2D eigenvalue weighted by molar-refractivity contribution is -0.274. The van der Waals surface area contributed by atoms with Crippen molar-refractivity contribution >= 4 is 6.03 Å². The zero-order valence-corrected chi connectivity index (χ0v) is 12.7. The second-order valence-electron chi connectivity index (χ2n) is 6.00. The number of aryl methyl sites for hydroxylation is 1. The first kappa shape index (κ1) is 16.0. The Kier molecular flexibility index (Phi) is 4.37. The first-order valence-electron chi connectivity index (χ1n) is 7.86. The average Bonchev–Trinajstić information content (AvgIpc) is 2.89. The van der Waals surface area contributed by atoms with E-state index in [1.54, 1.807) is 11.0 Å². The molecule has 0 aromatic heterocycles. The summed E-state index contributed by atoms with van der Waals surface area (Å²) in [5, 5.41) is 2.95. The lowest BCUT2D eigenvalue weighted by Crippen LogP contribution is -2.43. The summed E-state index contributed by atoms with van der Waals surface area (Å²) in [6.45, 7) is 1.48. The highest BCUT2D eigenvalue weighted by Crippen LogP contribution is 2.35. The van der Waals surface area contributed by atoms with Gasteiger partial charge < -0.3 is 15.0 Å². The second kappa shape index (κ2) is 6.29. The molecule has 2 aliphatic rings. The molecule has 1 aliphatic heterocycles. The van der Waals surface area contributed by atoms with Crippen LogP contribution in [0.15, 0.2) is 18.2 Å². The molecule has 4 nitrogen and oxygen atoms in total. The predicted octanol–water partition coefficient (Wildman–Crippen LogP) is 3.77. The third-order valence-electron chi connectivity index (χ3n) is 4.37. The summed E-state index contributed by atoms with van der Waals surface area (Å²) in [6.07, 6.45) is -0.138. The van der Waals surface area contributed by atoms with Gasteiger partial charge in [-0.05, 0) is 55.4 Å². The molecule has 7 heteroatoms. The van der Waals surface area contributed by atoms with Gasteiger partial charge in [0.05, 0.1) is 6.04 Å². The van der Waals surface area contributed by atoms with E-state index >= 15 is 0 Å². The fraction of sp³-hybridized carbons (Fsp3) is 0.562. The molecule has 0 radical (unpaired) electrons. The maximum absolute atomic E-state index is 12.3. The van der Waals surface area contributed by atoms with Crippen molar-refractivity contribution in [1.82, 2.24) is 10.2 Å². The number of nitrogens with zero attached hydrogens (tertiary/aromatic N) is 1. The number of amides is 2. The number of piperidine rings is 1. The normalized spacial score (nSPS) is 21.0. The van der Waals surface area contributed by atoms with Crippen LogP contribution in [0.2, 0.25) is 0 Å². The van der Waals surface area contributed by atoms with Crippen molar-refractivity contribution in [3.05, 3.63) is 29.3 Å². The molecule has 0 saturated carbocycles. The van der Waals surface area contributed by atoms with Gasteiger partial charge in [-0.25, -0.2) is 4.79 Å². The van der Waals surface area contributed by atoms with Crippen LogP contribution in [-0.2, 0) is 6.42 Å². The summed E-state index contributed by atoms with van der Waals surface area (Å²) >= 11 is 0. The van der Waals surface area contributed by atoms with Crippen molar-refractivity contribution in [2.45, 2.75) is 44.5 Å². The molecule has 126 valence electrons. The largest absolute Gasteiger partial charge is 0.573 e. The molecule has 1 fully saturated rings. The predicted molar refractivity (Wildman–Crippen MR) is 78.1 cm³/mol. The van der Waals surface area contributed by atoms with Gasteiger partial charge in [-0.15, -0.1) is 13.2 Å². The molecule has 1 aromatic rings. The Bertz CT molecular complexity index is 583.